The van der Waals surface area contributed by atoms with Crippen LogP contribution in [0.15, 0.2) is 24.3 Å². The lowest BCUT2D eigenvalue weighted by Crippen LogP contribution is -2.30. The number of hydrogen-bond donors (Lipinski definition) is 0. The fraction of sp³-hybridized carbons (Fsp3) is 0.870. The number of rotatable bonds is 48. The van der Waals surface area contributed by atoms with Crippen LogP contribution in [-0.4, -0.2) is 37.2 Å². The molecule has 0 aromatic rings. The minimum atomic E-state index is -0.772. The summed E-state index contributed by atoms with van der Waals surface area (Å²) in [4.78, 5) is 37.9. The van der Waals surface area contributed by atoms with Gasteiger partial charge in [-0.3, -0.25) is 14.4 Å². The molecule has 0 amide bonds. The van der Waals surface area contributed by atoms with Crippen LogP contribution in [0.1, 0.15) is 284 Å². The minimum Gasteiger partial charge on any atom is -0.462 e. The van der Waals surface area contributed by atoms with Gasteiger partial charge in [0.2, 0.25) is 0 Å². The molecule has 60 heavy (non-hydrogen) atoms. The van der Waals surface area contributed by atoms with E-state index in [1.807, 2.05) is 0 Å². The minimum absolute atomic E-state index is 0.0746. The molecule has 352 valence electrons. The molecule has 1 unspecified atom stereocenters. The van der Waals surface area contributed by atoms with Crippen molar-refractivity contribution in [3.8, 4) is 0 Å². The van der Waals surface area contributed by atoms with Crippen molar-refractivity contribution in [2.75, 3.05) is 13.2 Å². The molecule has 1 atom stereocenters. The highest BCUT2D eigenvalue weighted by Gasteiger charge is 2.19. The molecule has 0 N–H and O–H groups in total. The number of esters is 3. The monoisotopic (exact) mass is 845 g/mol. The molecule has 6 heteroatoms. The summed E-state index contributed by atoms with van der Waals surface area (Å²) in [5, 5.41) is 0. The zero-order chi connectivity index (χ0) is 43.7. The Morgan fingerprint density at radius 3 is 0.867 bits per heavy atom. The summed E-state index contributed by atoms with van der Waals surface area (Å²) < 4.78 is 16.8. The summed E-state index contributed by atoms with van der Waals surface area (Å²) in [6, 6.07) is 0. The molecule has 0 saturated carbocycles. The molecular formula is C54H100O6. The lowest BCUT2D eigenvalue weighted by molar-refractivity contribution is -0.167. The molecule has 0 bridgehead atoms. The van der Waals surface area contributed by atoms with E-state index in [-0.39, 0.29) is 31.1 Å². The quantitative estimate of drug-likeness (QED) is 0.0263. The Morgan fingerprint density at radius 1 is 0.317 bits per heavy atom. The topological polar surface area (TPSA) is 78.9 Å². The lowest BCUT2D eigenvalue weighted by atomic mass is 10.0. The van der Waals surface area contributed by atoms with E-state index in [0.29, 0.717) is 19.3 Å². The molecule has 0 spiro atoms. The van der Waals surface area contributed by atoms with Gasteiger partial charge < -0.3 is 14.2 Å². The second-order valence-corrected chi connectivity index (χ2v) is 17.8. The van der Waals surface area contributed by atoms with Gasteiger partial charge in [-0.05, 0) is 70.6 Å². The number of allylic oxidation sites excluding steroid dienone is 4. The Bertz CT molecular complexity index is 973. The number of unbranched alkanes of at least 4 members (excludes halogenated alkanes) is 33. The SMILES string of the molecule is CCCCC/C=C\CCCCCCCC(=O)OCC(COC(=O)CCCCCCC/C=C\CCCCCCCCC)OC(=O)CCCCCCCCCCCCCCCC. The molecule has 0 radical (unpaired) electrons. The highest BCUT2D eigenvalue weighted by atomic mass is 16.6. The van der Waals surface area contributed by atoms with Crippen molar-refractivity contribution in [1.29, 1.82) is 0 Å². The van der Waals surface area contributed by atoms with Crippen LogP contribution in [0, 0.1) is 0 Å². The summed E-state index contributed by atoms with van der Waals surface area (Å²) in [5.41, 5.74) is 0. The zero-order valence-electron chi connectivity index (χ0n) is 40.2. The molecule has 0 aromatic carbocycles. The maximum Gasteiger partial charge on any atom is 0.306 e. The van der Waals surface area contributed by atoms with Gasteiger partial charge in [0.1, 0.15) is 13.2 Å². The molecule has 0 fully saturated rings. The van der Waals surface area contributed by atoms with Crippen molar-refractivity contribution in [3.05, 3.63) is 24.3 Å². The average Bonchev–Trinajstić information content (AvgIpc) is 3.24. The first kappa shape index (κ1) is 57.9. The van der Waals surface area contributed by atoms with E-state index in [1.54, 1.807) is 0 Å². The molecule has 0 aliphatic carbocycles. The van der Waals surface area contributed by atoms with Crippen LogP contribution in [0.4, 0.5) is 0 Å². The van der Waals surface area contributed by atoms with E-state index >= 15 is 0 Å². The van der Waals surface area contributed by atoms with Crippen molar-refractivity contribution in [1.82, 2.24) is 0 Å². The number of carbonyl (C=O) groups excluding carboxylic acids is 3. The molecule has 0 rings (SSSR count). The number of ether oxygens (including phenoxy) is 3. The van der Waals surface area contributed by atoms with Crippen LogP contribution in [0.5, 0.6) is 0 Å². The summed E-state index contributed by atoms with van der Waals surface area (Å²) in [6.45, 7) is 6.62. The van der Waals surface area contributed by atoms with Crippen LogP contribution >= 0.6 is 0 Å². The molecule has 0 heterocycles. The van der Waals surface area contributed by atoms with E-state index in [2.05, 4.69) is 45.1 Å². The highest BCUT2D eigenvalue weighted by Crippen LogP contribution is 2.16. The maximum atomic E-state index is 12.8. The van der Waals surface area contributed by atoms with Crippen molar-refractivity contribution >= 4 is 17.9 Å². The zero-order valence-corrected chi connectivity index (χ0v) is 40.2. The fourth-order valence-corrected chi connectivity index (χ4v) is 7.67. The molecule has 6 nitrogen and oxygen atoms in total. The van der Waals surface area contributed by atoms with Crippen LogP contribution in [0.3, 0.4) is 0 Å². The van der Waals surface area contributed by atoms with Crippen molar-refractivity contribution in [2.24, 2.45) is 0 Å². The Balaban J connectivity index is 4.35. The third-order valence-corrected chi connectivity index (χ3v) is 11.7. The van der Waals surface area contributed by atoms with Gasteiger partial charge in [-0.25, -0.2) is 0 Å². The fourth-order valence-electron chi connectivity index (χ4n) is 7.67. The maximum absolute atomic E-state index is 12.8. The van der Waals surface area contributed by atoms with Gasteiger partial charge in [0, 0.05) is 19.3 Å². The molecule has 0 aromatic heterocycles. The van der Waals surface area contributed by atoms with Crippen molar-refractivity contribution < 1.29 is 28.6 Å². The number of carbonyl (C=O) groups is 3. The van der Waals surface area contributed by atoms with Gasteiger partial charge >= 0.3 is 17.9 Å². The molecule has 0 aliphatic heterocycles. The summed E-state index contributed by atoms with van der Waals surface area (Å²) in [7, 11) is 0. The largest absolute Gasteiger partial charge is 0.462 e. The molecule has 0 aliphatic rings. The first-order valence-electron chi connectivity index (χ1n) is 26.3. The predicted octanol–water partition coefficient (Wildman–Crippen LogP) is 17.2. The summed E-state index contributed by atoms with van der Waals surface area (Å²) in [6.07, 6.45) is 55.8. The third kappa shape index (κ3) is 46.9. The third-order valence-electron chi connectivity index (χ3n) is 11.7. The van der Waals surface area contributed by atoms with E-state index in [1.165, 1.54) is 173 Å². The Labute approximate surface area is 373 Å². The van der Waals surface area contributed by atoms with E-state index in [0.717, 1.165) is 70.6 Å². The normalized spacial score (nSPS) is 12.1. The molecule has 0 saturated heterocycles. The van der Waals surface area contributed by atoms with Gasteiger partial charge in [0.05, 0.1) is 0 Å². The highest BCUT2D eigenvalue weighted by molar-refractivity contribution is 5.71. The van der Waals surface area contributed by atoms with Crippen LogP contribution < -0.4 is 0 Å². The second-order valence-electron chi connectivity index (χ2n) is 17.8. The first-order valence-corrected chi connectivity index (χ1v) is 26.3. The summed E-state index contributed by atoms with van der Waals surface area (Å²) in [5.74, 6) is -0.878. The smallest absolute Gasteiger partial charge is 0.306 e. The Kier molecular flexibility index (Phi) is 47.8. The number of hydrogen-bond acceptors (Lipinski definition) is 6. The van der Waals surface area contributed by atoms with Gasteiger partial charge in [-0.1, -0.05) is 218 Å². The van der Waals surface area contributed by atoms with Gasteiger partial charge in [0.15, 0.2) is 6.10 Å². The van der Waals surface area contributed by atoms with Crippen molar-refractivity contribution in [3.63, 3.8) is 0 Å². The van der Waals surface area contributed by atoms with Crippen molar-refractivity contribution in [2.45, 2.75) is 290 Å². The van der Waals surface area contributed by atoms with Gasteiger partial charge in [-0.15, -0.1) is 0 Å². The van der Waals surface area contributed by atoms with Gasteiger partial charge in [0.25, 0.3) is 0 Å². The van der Waals surface area contributed by atoms with Crippen LogP contribution in [0.2, 0.25) is 0 Å². The van der Waals surface area contributed by atoms with E-state index in [4.69, 9.17) is 14.2 Å². The predicted molar refractivity (Wildman–Crippen MR) is 256 cm³/mol. The van der Waals surface area contributed by atoms with E-state index < -0.39 is 6.10 Å². The summed E-state index contributed by atoms with van der Waals surface area (Å²) >= 11 is 0. The Hall–Kier alpha value is -2.11. The van der Waals surface area contributed by atoms with Crippen LogP contribution in [-0.2, 0) is 28.6 Å². The van der Waals surface area contributed by atoms with Crippen LogP contribution in [0.25, 0.3) is 0 Å². The first-order chi connectivity index (χ1) is 29.5. The van der Waals surface area contributed by atoms with Gasteiger partial charge in [-0.2, -0.15) is 0 Å². The Morgan fingerprint density at radius 2 is 0.550 bits per heavy atom. The van der Waals surface area contributed by atoms with E-state index in [9.17, 15) is 14.4 Å². The average molecular weight is 845 g/mol. The standard InChI is InChI=1S/C54H100O6/c1-4-7-10-13-16-19-22-25-27-28-30-32-35-38-41-44-47-53(56)59-50-51(49-58-52(55)46-43-40-37-34-31-24-21-18-15-12-9-6-3)60-54(57)48-45-42-39-36-33-29-26-23-20-17-14-11-8-5-2/h18,21,27-28,51H,4-17,19-20,22-26,29-50H2,1-3H3/b21-18-,28-27-. The molecular weight excluding hydrogens is 745 g/mol. The lowest BCUT2D eigenvalue weighted by Gasteiger charge is -2.18. The second kappa shape index (κ2) is 49.5.